The van der Waals surface area contributed by atoms with E-state index in [1.165, 1.54) is 51.4 Å². The molecule has 1 N–H and O–H groups in total. The minimum atomic E-state index is -0.596. The van der Waals surface area contributed by atoms with Gasteiger partial charge in [-0.3, -0.25) is 4.79 Å². The van der Waals surface area contributed by atoms with Gasteiger partial charge >= 0.3 is 11.9 Å². The molecule has 0 radical (unpaired) electrons. The number of Topliss-reactive ketones (excluding diaryl/α,β-unsaturated/α-hetero) is 1. The van der Waals surface area contributed by atoms with Gasteiger partial charge in [0, 0.05) is 35.3 Å². The molecule has 14 atom stereocenters. The third-order valence-corrected chi connectivity index (χ3v) is 18.2. The summed E-state index contributed by atoms with van der Waals surface area (Å²) in [5.41, 5.74) is 7.12. The van der Waals surface area contributed by atoms with Gasteiger partial charge in [-0.2, -0.15) is 0 Å². The zero-order valence-electron chi connectivity index (χ0n) is 39.3. The van der Waals surface area contributed by atoms with Crippen molar-refractivity contribution in [1.82, 2.24) is 0 Å². The number of carbonyl (C=O) groups is 3. The van der Waals surface area contributed by atoms with Crippen molar-refractivity contribution in [2.75, 3.05) is 6.61 Å². The first-order valence-electron chi connectivity index (χ1n) is 24.9. The summed E-state index contributed by atoms with van der Waals surface area (Å²) in [7, 11) is 0. The van der Waals surface area contributed by atoms with E-state index in [2.05, 4.69) is 77.6 Å². The second kappa shape index (κ2) is 19.0. The molecule has 4 saturated carbocycles. The van der Waals surface area contributed by atoms with E-state index in [1.54, 1.807) is 12.2 Å². The molecule has 0 spiro atoms. The van der Waals surface area contributed by atoms with Crippen molar-refractivity contribution in [1.29, 1.82) is 0 Å². The van der Waals surface area contributed by atoms with Crippen molar-refractivity contribution in [3.05, 3.63) is 34.7 Å². The zero-order chi connectivity index (χ0) is 44.6. The van der Waals surface area contributed by atoms with E-state index in [0.29, 0.717) is 42.9 Å². The van der Waals surface area contributed by atoms with Crippen LogP contribution < -0.4 is 0 Å². The minimum absolute atomic E-state index is 0.0452. The fourth-order valence-corrected chi connectivity index (χ4v) is 14.6. The molecule has 4 aliphatic carbocycles. The Labute approximate surface area is 371 Å². The third kappa shape index (κ3) is 8.72. The number of fused-ring (bicyclic) bond motifs is 8. The lowest BCUT2D eigenvalue weighted by Gasteiger charge is -2.53. The van der Waals surface area contributed by atoms with Crippen LogP contribution >= 0.6 is 0 Å². The molecule has 4 heterocycles. The minimum Gasteiger partial charge on any atom is -0.456 e. The van der Waals surface area contributed by atoms with E-state index in [4.69, 9.17) is 18.9 Å². The van der Waals surface area contributed by atoms with E-state index >= 15 is 0 Å². The van der Waals surface area contributed by atoms with Gasteiger partial charge in [0.15, 0.2) is 5.78 Å². The number of nitrogens with zero attached hydrogens (tertiary/aromatic N) is 3. The van der Waals surface area contributed by atoms with Crippen LogP contribution in [0.4, 0.5) is 0 Å². The fraction of sp³-hybridized carbons (Fsp3) is 0.863. The number of esters is 2. The van der Waals surface area contributed by atoms with Gasteiger partial charge in [-0.25, -0.2) is 9.59 Å². The summed E-state index contributed by atoms with van der Waals surface area (Å²) in [4.78, 5) is 41.3. The average Bonchev–Trinajstić information content (AvgIpc) is 3.98. The molecule has 0 aromatic rings. The molecule has 8 rings (SSSR count). The number of ketones is 1. The number of allylic oxidation sites excluding steroid dienone is 2. The summed E-state index contributed by atoms with van der Waals surface area (Å²) in [6, 6.07) is -0.218. The predicted octanol–water partition coefficient (Wildman–Crippen LogP) is 10.8. The van der Waals surface area contributed by atoms with Crippen LogP contribution in [-0.2, 0) is 33.3 Å². The molecule has 346 valence electrons. The average molecular weight is 862 g/mol. The molecule has 4 bridgehead atoms. The highest BCUT2D eigenvalue weighted by Gasteiger charge is 2.72. The second-order valence-electron chi connectivity index (χ2n) is 22.2. The Morgan fingerprint density at radius 1 is 0.710 bits per heavy atom. The fourth-order valence-electron chi connectivity index (χ4n) is 14.6. The lowest BCUT2D eigenvalue weighted by Crippen LogP contribution is -2.62. The van der Waals surface area contributed by atoms with Gasteiger partial charge in [0.25, 0.3) is 0 Å². The molecule has 4 aliphatic heterocycles. The van der Waals surface area contributed by atoms with Crippen molar-refractivity contribution in [2.24, 2.45) is 70.2 Å². The van der Waals surface area contributed by atoms with Gasteiger partial charge in [-0.15, -0.1) is 0 Å². The van der Waals surface area contributed by atoms with Crippen molar-refractivity contribution in [3.63, 3.8) is 0 Å². The molecule has 0 aromatic heterocycles. The van der Waals surface area contributed by atoms with Gasteiger partial charge in [-0.05, 0) is 137 Å². The summed E-state index contributed by atoms with van der Waals surface area (Å²) >= 11 is 0. The Morgan fingerprint density at radius 3 is 1.61 bits per heavy atom. The quantitative estimate of drug-likeness (QED) is 0.0668. The first-order chi connectivity index (χ1) is 29.5. The lowest BCUT2D eigenvalue weighted by molar-refractivity contribution is -0.261. The first kappa shape index (κ1) is 47.2. The number of hydrogen-bond donors (Lipinski definition) is 1. The Balaban J connectivity index is 0.000000187. The van der Waals surface area contributed by atoms with Crippen molar-refractivity contribution < 1.29 is 38.4 Å². The molecular formula is C51H79N3O8. The smallest absolute Gasteiger partial charge is 0.330 e. The molecular weight excluding hydrogens is 783 g/mol. The highest BCUT2D eigenvalue weighted by molar-refractivity contribution is 5.83. The number of rotatable bonds is 12. The van der Waals surface area contributed by atoms with Crippen LogP contribution in [-0.4, -0.2) is 70.1 Å². The maximum Gasteiger partial charge on any atom is 0.330 e. The van der Waals surface area contributed by atoms with E-state index in [1.807, 2.05) is 0 Å². The Bertz CT molecular complexity index is 1730. The Hall–Kier alpha value is -2.72. The molecule has 8 fully saturated rings. The number of ether oxygens (including phenoxy) is 4. The third-order valence-electron chi connectivity index (χ3n) is 18.2. The van der Waals surface area contributed by atoms with Crippen LogP contribution in [0.15, 0.2) is 29.4 Å². The highest BCUT2D eigenvalue weighted by atomic mass is 16.6. The van der Waals surface area contributed by atoms with Gasteiger partial charge in [-0.1, -0.05) is 97.3 Å². The maximum atomic E-state index is 13.0. The van der Waals surface area contributed by atoms with Crippen LogP contribution in [0.5, 0.6) is 0 Å². The van der Waals surface area contributed by atoms with Crippen LogP contribution in [0, 0.1) is 65.1 Å². The Morgan fingerprint density at radius 2 is 1.16 bits per heavy atom. The molecule has 14 unspecified atom stereocenters. The number of azide groups is 1. The van der Waals surface area contributed by atoms with Crippen LogP contribution in [0.3, 0.4) is 0 Å². The summed E-state index contributed by atoms with van der Waals surface area (Å²) < 4.78 is 26.3. The van der Waals surface area contributed by atoms with E-state index in [0.717, 1.165) is 38.5 Å². The molecule has 8 aliphatic rings. The summed E-state index contributed by atoms with van der Waals surface area (Å²) in [6.07, 6.45) is 25.0. The zero-order valence-corrected chi connectivity index (χ0v) is 39.3. The largest absolute Gasteiger partial charge is 0.456 e. The molecule has 11 nitrogen and oxygen atoms in total. The molecule has 62 heavy (non-hydrogen) atoms. The van der Waals surface area contributed by atoms with Crippen molar-refractivity contribution in [3.8, 4) is 0 Å². The second-order valence-corrected chi connectivity index (χ2v) is 22.2. The number of carbonyl (C=O) groups excluding carboxylic acids is 3. The first-order valence-corrected chi connectivity index (χ1v) is 24.9. The standard InChI is InChI=1S/C27H42O5.C24H37N3O3/c1-17(2)27-15-20(14-21(29)16-28)26(4,32-27)22-12-10-18(3)24(22)25(27)31-23(30)13-11-19-8-6-5-7-9-19;1-15(2)24-14-19(26-27-25)23(4,30-24)18-12-10-16(3)21(18)22(24)29-20(28)13-11-17-8-6-5-7-9-17/h11,13,17-20,22,24-25,28H,5-10,12,14-16H2,1-4H3;11,13,15-19,21-22H,5-10,12,14H2,1-4H3/b2*13-11+. The van der Waals surface area contributed by atoms with Crippen LogP contribution in [0.1, 0.15) is 165 Å². The topological polar surface area (TPSA) is 157 Å². The summed E-state index contributed by atoms with van der Waals surface area (Å²) in [5, 5.41) is 13.6. The predicted molar refractivity (Wildman–Crippen MR) is 238 cm³/mol. The van der Waals surface area contributed by atoms with E-state index in [9.17, 15) is 25.0 Å². The van der Waals surface area contributed by atoms with Crippen LogP contribution in [0.25, 0.3) is 10.4 Å². The Kier molecular flexibility index (Phi) is 14.5. The van der Waals surface area contributed by atoms with Crippen molar-refractivity contribution >= 4 is 17.7 Å². The lowest BCUT2D eigenvalue weighted by atomic mass is 9.69. The van der Waals surface area contributed by atoms with Crippen molar-refractivity contribution in [2.45, 2.75) is 205 Å². The van der Waals surface area contributed by atoms with E-state index in [-0.39, 0.29) is 77.4 Å². The van der Waals surface area contributed by atoms with Gasteiger partial charge in [0.1, 0.15) is 30.0 Å². The van der Waals surface area contributed by atoms with Gasteiger partial charge in [0.2, 0.25) is 0 Å². The molecule has 0 aromatic carbocycles. The van der Waals surface area contributed by atoms with E-state index < -0.39 is 29.0 Å². The number of hydrogen-bond acceptors (Lipinski definition) is 9. The van der Waals surface area contributed by atoms with Crippen LogP contribution in [0.2, 0.25) is 0 Å². The van der Waals surface area contributed by atoms with Gasteiger partial charge < -0.3 is 24.1 Å². The molecule has 11 heteroatoms. The number of aliphatic hydroxyl groups excluding tert-OH is 1. The molecule has 0 amide bonds. The molecule has 4 saturated heterocycles. The highest BCUT2D eigenvalue weighted by Crippen LogP contribution is 2.66. The monoisotopic (exact) mass is 862 g/mol. The maximum absolute atomic E-state index is 13.0. The van der Waals surface area contributed by atoms with Gasteiger partial charge in [0.05, 0.1) is 17.2 Å². The normalized spacial score (nSPS) is 42.7. The SMILES string of the molecule is CC1CCC2C1C(OC(=O)/C=C/C1CCCCC1)C1(C(C)C)CC(CC(=O)CO)C2(C)O1.CC1CCC2C1C(OC(=O)/C=C/C1CCCCC1)C1(C(C)C)CC(N=[N+]=[N-])C2(C)O1. The number of aliphatic hydroxyl groups is 1. The summed E-state index contributed by atoms with van der Waals surface area (Å²) in [5.74, 6) is 2.64. The summed E-state index contributed by atoms with van der Waals surface area (Å²) in [6.45, 7) is 17.0.